The van der Waals surface area contributed by atoms with Crippen LogP contribution in [0.2, 0.25) is 5.02 Å². The van der Waals surface area contributed by atoms with Gasteiger partial charge in [0.2, 0.25) is 0 Å². The monoisotopic (exact) mass is 354 g/mol. The zero-order chi connectivity index (χ0) is 16.2. The van der Waals surface area contributed by atoms with Crippen LogP contribution >= 0.6 is 22.9 Å². The van der Waals surface area contributed by atoms with Crippen molar-refractivity contribution in [2.75, 3.05) is 19.7 Å². The van der Waals surface area contributed by atoms with E-state index in [1.54, 1.807) is 28.4 Å². The summed E-state index contributed by atoms with van der Waals surface area (Å²) in [6.07, 6.45) is -0.297. The first-order valence-electron chi connectivity index (χ1n) is 7.25. The molecule has 1 aromatic heterocycles. The molecule has 0 bridgehead atoms. The minimum atomic E-state index is -0.461. The predicted octanol–water partition coefficient (Wildman–Crippen LogP) is 3.82. The molecule has 1 atom stereocenters. The van der Waals surface area contributed by atoms with Crippen LogP contribution in [0.25, 0.3) is 0 Å². The van der Waals surface area contributed by atoms with Crippen molar-refractivity contribution in [1.82, 2.24) is 10.2 Å². The Balaban J connectivity index is 1.60. The summed E-state index contributed by atoms with van der Waals surface area (Å²) in [5.41, 5.74) is 0.771. The van der Waals surface area contributed by atoms with E-state index in [0.29, 0.717) is 26.2 Å². The molecule has 1 N–H and O–H groups in total. The highest BCUT2D eigenvalue weighted by Crippen LogP contribution is 2.26. The summed E-state index contributed by atoms with van der Waals surface area (Å²) in [5, 5.41) is 4.94. The van der Waals surface area contributed by atoms with Crippen molar-refractivity contribution in [2.24, 2.45) is 0 Å². The van der Waals surface area contributed by atoms with Crippen LogP contribution < -0.4 is 5.32 Å². The average molecular weight is 355 g/mol. The van der Waals surface area contributed by atoms with E-state index in [0.717, 1.165) is 10.4 Å². The minimum absolute atomic E-state index is 0.0605. The van der Waals surface area contributed by atoms with Crippen LogP contribution in [0.3, 0.4) is 0 Å². The zero-order valence-corrected chi connectivity index (χ0v) is 13.9. The number of amides is 2. The molecule has 2 amide bonds. The highest BCUT2D eigenvalue weighted by Gasteiger charge is 2.25. The fourth-order valence-corrected chi connectivity index (χ4v) is 3.27. The standard InChI is InChI=1S/C16H16ClFN2O2S/c17-13-8-11(3-4-14(13)18)15-10-20(5-6-22-15)16(21)19-9-12-2-1-7-23-12/h1-4,7-8,15H,5-6,9-10H2,(H,19,21)/t15-/m1/s1. The van der Waals surface area contributed by atoms with Gasteiger partial charge < -0.3 is 15.0 Å². The zero-order valence-electron chi connectivity index (χ0n) is 12.3. The number of hydrogen-bond donors (Lipinski definition) is 1. The van der Waals surface area contributed by atoms with E-state index in [1.165, 1.54) is 6.07 Å². The average Bonchev–Trinajstić information content (AvgIpc) is 3.09. The van der Waals surface area contributed by atoms with Crippen molar-refractivity contribution >= 4 is 29.0 Å². The van der Waals surface area contributed by atoms with Gasteiger partial charge in [0.05, 0.1) is 24.7 Å². The third-order valence-electron chi connectivity index (χ3n) is 3.66. The van der Waals surface area contributed by atoms with E-state index in [9.17, 15) is 9.18 Å². The summed E-state index contributed by atoms with van der Waals surface area (Å²) in [7, 11) is 0. The lowest BCUT2D eigenvalue weighted by molar-refractivity contribution is -0.0154. The van der Waals surface area contributed by atoms with Crippen molar-refractivity contribution < 1.29 is 13.9 Å². The highest BCUT2D eigenvalue weighted by atomic mass is 35.5. The van der Waals surface area contributed by atoms with Gasteiger partial charge in [0.15, 0.2) is 0 Å². The predicted molar refractivity (Wildman–Crippen MR) is 88.2 cm³/mol. The van der Waals surface area contributed by atoms with E-state index in [-0.39, 0.29) is 17.2 Å². The lowest BCUT2D eigenvalue weighted by Crippen LogP contribution is -2.46. The van der Waals surface area contributed by atoms with Crippen molar-refractivity contribution in [3.63, 3.8) is 0 Å². The summed E-state index contributed by atoms with van der Waals surface area (Å²) < 4.78 is 18.9. The Bertz CT molecular complexity index is 681. The second-order valence-electron chi connectivity index (χ2n) is 5.22. The van der Waals surface area contributed by atoms with Gasteiger partial charge in [-0.25, -0.2) is 9.18 Å². The number of benzene rings is 1. The SMILES string of the molecule is O=C(NCc1cccs1)N1CCO[C@@H](c2ccc(F)c(Cl)c2)C1. The topological polar surface area (TPSA) is 41.6 Å². The molecule has 4 nitrogen and oxygen atoms in total. The number of urea groups is 1. The van der Waals surface area contributed by atoms with Gasteiger partial charge in [-0.05, 0) is 29.1 Å². The van der Waals surface area contributed by atoms with Crippen LogP contribution in [0.15, 0.2) is 35.7 Å². The molecular formula is C16H16ClFN2O2S. The Kier molecular flexibility index (Phi) is 5.15. The lowest BCUT2D eigenvalue weighted by atomic mass is 10.1. The summed E-state index contributed by atoms with van der Waals surface area (Å²) >= 11 is 7.42. The number of thiophene rings is 1. The van der Waals surface area contributed by atoms with Gasteiger partial charge in [0.1, 0.15) is 11.9 Å². The van der Waals surface area contributed by atoms with Crippen molar-refractivity contribution in [2.45, 2.75) is 12.6 Å². The van der Waals surface area contributed by atoms with Crippen molar-refractivity contribution in [1.29, 1.82) is 0 Å². The Morgan fingerprint density at radius 2 is 2.35 bits per heavy atom. The second kappa shape index (κ2) is 7.29. The largest absolute Gasteiger partial charge is 0.370 e. The maximum Gasteiger partial charge on any atom is 0.317 e. The normalized spacial score (nSPS) is 18.0. The summed E-state index contributed by atoms with van der Waals surface area (Å²) in [6, 6.07) is 8.31. The molecule has 0 radical (unpaired) electrons. The minimum Gasteiger partial charge on any atom is -0.370 e. The Morgan fingerprint density at radius 1 is 1.48 bits per heavy atom. The third-order valence-corrected chi connectivity index (χ3v) is 4.83. The van der Waals surface area contributed by atoms with Gasteiger partial charge in [-0.2, -0.15) is 0 Å². The molecule has 2 heterocycles. The van der Waals surface area contributed by atoms with E-state index in [2.05, 4.69) is 5.32 Å². The number of morpholine rings is 1. The number of halogens is 2. The number of rotatable bonds is 3. The number of nitrogens with one attached hydrogen (secondary N) is 1. The first-order chi connectivity index (χ1) is 11.1. The molecule has 3 rings (SSSR count). The summed E-state index contributed by atoms with van der Waals surface area (Å²) in [6.45, 7) is 1.90. The van der Waals surface area contributed by atoms with Crippen molar-refractivity contribution in [3.8, 4) is 0 Å². The van der Waals surface area contributed by atoms with Crippen LogP contribution in [0, 0.1) is 5.82 Å². The molecule has 1 aromatic carbocycles. The number of nitrogens with zero attached hydrogens (tertiary/aromatic N) is 1. The summed E-state index contributed by atoms with van der Waals surface area (Å²) in [5.74, 6) is -0.461. The van der Waals surface area contributed by atoms with Gasteiger partial charge in [0.25, 0.3) is 0 Å². The number of ether oxygens (including phenoxy) is 1. The molecule has 0 saturated carbocycles. The third kappa shape index (κ3) is 4.02. The molecule has 1 aliphatic heterocycles. The van der Waals surface area contributed by atoms with Crippen LogP contribution in [0.4, 0.5) is 9.18 Å². The molecule has 7 heteroatoms. The molecule has 2 aromatic rings. The van der Waals surface area contributed by atoms with Gasteiger partial charge in [-0.1, -0.05) is 23.7 Å². The van der Waals surface area contributed by atoms with Gasteiger partial charge in [-0.3, -0.25) is 0 Å². The number of carbonyl (C=O) groups excluding carboxylic acids is 1. The second-order valence-corrected chi connectivity index (χ2v) is 6.66. The van der Waals surface area contributed by atoms with Gasteiger partial charge >= 0.3 is 6.03 Å². The summed E-state index contributed by atoms with van der Waals surface area (Å²) in [4.78, 5) is 15.1. The van der Waals surface area contributed by atoms with E-state index in [1.807, 2.05) is 17.5 Å². The molecule has 1 fully saturated rings. The van der Waals surface area contributed by atoms with Crippen molar-refractivity contribution in [3.05, 3.63) is 57.0 Å². The smallest absolute Gasteiger partial charge is 0.317 e. The highest BCUT2D eigenvalue weighted by molar-refractivity contribution is 7.09. The Labute approximate surface area is 142 Å². The fourth-order valence-electron chi connectivity index (χ4n) is 2.44. The van der Waals surface area contributed by atoms with Gasteiger partial charge in [0, 0.05) is 11.4 Å². The molecule has 0 unspecified atom stereocenters. The van der Waals surface area contributed by atoms with Crippen LogP contribution in [-0.4, -0.2) is 30.6 Å². The van der Waals surface area contributed by atoms with E-state index in [4.69, 9.17) is 16.3 Å². The first kappa shape index (κ1) is 16.2. The number of carbonyl (C=O) groups is 1. The maximum absolute atomic E-state index is 13.3. The van der Waals surface area contributed by atoms with E-state index < -0.39 is 5.82 Å². The first-order valence-corrected chi connectivity index (χ1v) is 8.51. The molecule has 122 valence electrons. The quantitative estimate of drug-likeness (QED) is 0.910. The van der Waals surface area contributed by atoms with Gasteiger partial charge in [-0.15, -0.1) is 11.3 Å². The van der Waals surface area contributed by atoms with Crippen LogP contribution in [0.1, 0.15) is 16.5 Å². The van der Waals surface area contributed by atoms with E-state index >= 15 is 0 Å². The lowest BCUT2D eigenvalue weighted by Gasteiger charge is -2.33. The molecule has 23 heavy (non-hydrogen) atoms. The molecule has 0 aliphatic carbocycles. The van der Waals surface area contributed by atoms with Crippen LogP contribution in [-0.2, 0) is 11.3 Å². The number of hydrogen-bond acceptors (Lipinski definition) is 3. The molecule has 0 spiro atoms. The molecule has 1 aliphatic rings. The molecular weight excluding hydrogens is 339 g/mol. The van der Waals surface area contributed by atoms with Crippen LogP contribution in [0.5, 0.6) is 0 Å². The molecule has 1 saturated heterocycles. The maximum atomic E-state index is 13.3. The Hall–Kier alpha value is -1.63. The fraction of sp³-hybridized carbons (Fsp3) is 0.312. The Morgan fingerprint density at radius 3 is 3.09 bits per heavy atom.